The predicted molar refractivity (Wildman–Crippen MR) is 101 cm³/mol. The normalized spacial score (nSPS) is 10.8. The number of thiazole rings is 1. The van der Waals surface area contributed by atoms with Gasteiger partial charge in [-0.1, -0.05) is 12.1 Å². The summed E-state index contributed by atoms with van der Waals surface area (Å²) in [5.41, 5.74) is 6.75. The molecular weight excluding hydrogens is 368 g/mol. The molecule has 0 aliphatic rings. The van der Waals surface area contributed by atoms with Crippen LogP contribution in [0.1, 0.15) is 21.0 Å². The van der Waals surface area contributed by atoms with Crippen molar-refractivity contribution < 1.29 is 14.0 Å². The molecule has 0 fully saturated rings. The molecule has 4 N–H and O–H groups in total. The van der Waals surface area contributed by atoms with E-state index < -0.39 is 11.8 Å². The van der Waals surface area contributed by atoms with Gasteiger partial charge in [-0.25, -0.2) is 4.98 Å². The van der Waals surface area contributed by atoms with Crippen LogP contribution in [-0.4, -0.2) is 21.8 Å². The molecule has 1 aromatic carbocycles. The average molecular weight is 380 g/mol. The lowest BCUT2D eigenvalue weighted by molar-refractivity contribution is 0.0989. The van der Waals surface area contributed by atoms with Crippen molar-refractivity contribution in [2.75, 3.05) is 5.32 Å². The van der Waals surface area contributed by atoms with Crippen molar-refractivity contribution >= 4 is 39.3 Å². The molecule has 0 spiro atoms. The van der Waals surface area contributed by atoms with Crippen molar-refractivity contribution in [3.05, 3.63) is 69.7 Å². The number of carbonyl (C=O) groups is 2. The first-order valence-corrected chi connectivity index (χ1v) is 8.67. The Morgan fingerprint density at radius 3 is 2.81 bits per heavy atom. The highest BCUT2D eigenvalue weighted by Crippen LogP contribution is 2.26. The highest BCUT2D eigenvalue weighted by atomic mass is 32.1. The number of nitrogens with zero attached hydrogens (tertiary/aromatic N) is 1. The number of nitrogens with two attached hydrogens (primary N) is 1. The Labute approximate surface area is 155 Å². The predicted octanol–water partition coefficient (Wildman–Crippen LogP) is 2.60. The number of rotatable bonds is 4. The number of aromatic nitrogens is 2. The van der Waals surface area contributed by atoms with Gasteiger partial charge in [-0.05, 0) is 18.2 Å². The van der Waals surface area contributed by atoms with Gasteiger partial charge in [0, 0.05) is 23.2 Å². The summed E-state index contributed by atoms with van der Waals surface area (Å²) in [6.07, 6.45) is 1.60. The minimum absolute atomic E-state index is 0.104. The van der Waals surface area contributed by atoms with E-state index in [9.17, 15) is 14.4 Å². The van der Waals surface area contributed by atoms with Gasteiger partial charge in [-0.2, -0.15) is 0 Å². The number of H-pyrrole nitrogens is 1. The number of primary amides is 1. The maximum Gasteiger partial charge on any atom is 0.293 e. The van der Waals surface area contributed by atoms with Crippen LogP contribution in [0.4, 0.5) is 5.13 Å². The molecule has 8 nitrogen and oxygen atoms in total. The topological polar surface area (TPSA) is 131 Å². The Balaban J connectivity index is 1.57. The van der Waals surface area contributed by atoms with Crippen molar-refractivity contribution in [1.82, 2.24) is 9.97 Å². The summed E-state index contributed by atoms with van der Waals surface area (Å²) in [6.45, 7) is 0. The van der Waals surface area contributed by atoms with Crippen LogP contribution in [0.5, 0.6) is 0 Å². The molecule has 0 radical (unpaired) electrons. The fourth-order valence-corrected chi connectivity index (χ4v) is 3.24. The van der Waals surface area contributed by atoms with Crippen LogP contribution < -0.4 is 16.5 Å². The lowest BCUT2D eigenvalue weighted by atomic mass is 10.2. The third-order valence-electron chi connectivity index (χ3n) is 3.83. The number of hydrogen-bond acceptors (Lipinski definition) is 6. The van der Waals surface area contributed by atoms with E-state index in [4.69, 9.17) is 10.2 Å². The summed E-state index contributed by atoms with van der Waals surface area (Å²) in [4.78, 5) is 42.7. The number of nitrogens with one attached hydrogen (secondary N) is 2. The van der Waals surface area contributed by atoms with Crippen LogP contribution >= 0.6 is 11.3 Å². The van der Waals surface area contributed by atoms with E-state index >= 15 is 0 Å². The van der Waals surface area contributed by atoms with Crippen LogP contribution in [-0.2, 0) is 0 Å². The number of hydrogen-bond donors (Lipinski definition) is 3. The molecule has 134 valence electrons. The summed E-state index contributed by atoms with van der Waals surface area (Å²) in [7, 11) is 0. The zero-order valence-corrected chi connectivity index (χ0v) is 14.5. The molecule has 0 aliphatic carbocycles. The lowest BCUT2D eigenvalue weighted by Crippen LogP contribution is -2.14. The van der Waals surface area contributed by atoms with E-state index in [0.29, 0.717) is 27.4 Å². The van der Waals surface area contributed by atoms with Gasteiger partial charge in [-0.3, -0.25) is 19.7 Å². The van der Waals surface area contributed by atoms with Crippen molar-refractivity contribution in [1.29, 1.82) is 0 Å². The molecule has 0 unspecified atom stereocenters. The standard InChI is InChI=1S/C18H12N4O4S/c19-16(24)11-5-9(7-20-11)12-8-27-18(21-12)22-17(25)15-6-13(23)10-3-1-2-4-14(10)26-15/h1-8,20H,(H2,19,24)(H,21,22,25). The van der Waals surface area contributed by atoms with Crippen LogP contribution in [0.3, 0.4) is 0 Å². The number of carbonyl (C=O) groups excluding carboxylic acids is 2. The Morgan fingerprint density at radius 1 is 1.22 bits per heavy atom. The molecule has 0 saturated heterocycles. The van der Waals surface area contributed by atoms with Crippen molar-refractivity contribution in [2.24, 2.45) is 5.73 Å². The smallest absolute Gasteiger partial charge is 0.293 e. The van der Waals surface area contributed by atoms with Gasteiger partial charge in [-0.15, -0.1) is 11.3 Å². The van der Waals surface area contributed by atoms with Crippen molar-refractivity contribution in [3.8, 4) is 11.3 Å². The van der Waals surface area contributed by atoms with E-state index in [0.717, 1.165) is 6.07 Å². The Morgan fingerprint density at radius 2 is 2.04 bits per heavy atom. The molecule has 3 heterocycles. The van der Waals surface area contributed by atoms with E-state index in [1.807, 2.05) is 0 Å². The van der Waals surface area contributed by atoms with Gasteiger partial charge < -0.3 is 15.1 Å². The second-order valence-corrected chi connectivity index (χ2v) is 6.49. The largest absolute Gasteiger partial charge is 0.451 e. The highest BCUT2D eigenvalue weighted by Gasteiger charge is 2.15. The molecule has 0 atom stereocenters. The molecule has 4 rings (SSSR count). The fourth-order valence-electron chi connectivity index (χ4n) is 2.52. The monoisotopic (exact) mass is 380 g/mol. The second-order valence-electron chi connectivity index (χ2n) is 5.63. The van der Waals surface area contributed by atoms with Gasteiger partial charge in [0.15, 0.2) is 16.3 Å². The van der Waals surface area contributed by atoms with Gasteiger partial charge in [0.1, 0.15) is 11.3 Å². The lowest BCUT2D eigenvalue weighted by Gasteiger charge is -2.02. The molecule has 0 bridgehead atoms. The second kappa shape index (κ2) is 6.54. The fraction of sp³-hybridized carbons (Fsp3) is 0. The van der Waals surface area contributed by atoms with Crippen molar-refractivity contribution in [3.63, 3.8) is 0 Å². The highest BCUT2D eigenvalue weighted by molar-refractivity contribution is 7.14. The van der Waals surface area contributed by atoms with Crippen molar-refractivity contribution in [2.45, 2.75) is 0 Å². The van der Waals surface area contributed by atoms with E-state index in [1.54, 1.807) is 41.9 Å². The molecule has 27 heavy (non-hydrogen) atoms. The average Bonchev–Trinajstić information content (AvgIpc) is 3.31. The van der Waals surface area contributed by atoms with E-state index in [1.165, 1.54) is 11.3 Å². The maximum absolute atomic E-state index is 12.4. The van der Waals surface area contributed by atoms with Crippen LogP contribution in [0.25, 0.3) is 22.2 Å². The van der Waals surface area contributed by atoms with Gasteiger partial charge >= 0.3 is 0 Å². The minimum atomic E-state index is -0.578. The molecule has 0 saturated carbocycles. The zero-order valence-electron chi connectivity index (χ0n) is 13.7. The minimum Gasteiger partial charge on any atom is -0.451 e. The summed E-state index contributed by atoms with van der Waals surface area (Å²) in [5, 5.41) is 5.06. The summed E-state index contributed by atoms with van der Waals surface area (Å²) >= 11 is 1.20. The first kappa shape index (κ1) is 16.7. The summed E-state index contributed by atoms with van der Waals surface area (Å²) in [5.74, 6) is -1.25. The number of para-hydroxylation sites is 1. The van der Waals surface area contributed by atoms with Gasteiger partial charge in [0.05, 0.1) is 11.1 Å². The van der Waals surface area contributed by atoms with Gasteiger partial charge in [0.25, 0.3) is 11.8 Å². The third-order valence-corrected chi connectivity index (χ3v) is 4.59. The van der Waals surface area contributed by atoms with Gasteiger partial charge in [0.2, 0.25) is 0 Å². The molecular formula is C18H12N4O4S. The molecule has 4 aromatic rings. The SMILES string of the molecule is NC(=O)c1cc(-c2csc(NC(=O)c3cc(=O)c4ccccc4o3)n2)c[nH]1. The number of amides is 2. The maximum atomic E-state index is 12.4. The Kier molecular flexibility index (Phi) is 4.05. The Bertz CT molecular complexity index is 1240. The summed E-state index contributed by atoms with van der Waals surface area (Å²) in [6, 6.07) is 9.42. The van der Waals surface area contributed by atoms with E-state index in [-0.39, 0.29) is 16.9 Å². The quantitative estimate of drug-likeness (QED) is 0.501. The zero-order chi connectivity index (χ0) is 19.0. The van der Waals surface area contributed by atoms with Crippen LogP contribution in [0.15, 0.2) is 57.2 Å². The summed E-state index contributed by atoms with van der Waals surface area (Å²) < 4.78 is 5.51. The molecule has 9 heteroatoms. The number of anilines is 1. The van der Waals surface area contributed by atoms with E-state index in [2.05, 4.69) is 15.3 Å². The first-order valence-electron chi connectivity index (χ1n) is 7.79. The first-order chi connectivity index (χ1) is 13.0. The van der Waals surface area contributed by atoms with Crippen LogP contribution in [0.2, 0.25) is 0 Å². The molecule has 0 aliphatic heterocycles. The van der Waals surface area contributed by atoms with Crippen LogP contribution in [0, 0.1) is 0 Å². The number of fused-ring (bicyclic) bond motifs is 1. The molecule has 2 amide bonds. The number of benzene rings is 1. The Hall–Kier alpha value is -3.72. The number of aromatic amines is 1. The molecule has 3 aromatic heterocycles. The third kappa shape index (κ3) is 3.23.